The van der Waals surface area contributed by atoms with Crippen molar-refractivity contribution in [2.75, 3.05) is 0 Å². The van der Waals surface area contributed by atoms with Crippen molar-refractivity contribution in [3.05, 3.63) is 11.8 Å². The molecule has 88 valence electrons. The molecule has 2 nitrogen and oxygen atoms in total. The predicted molar refractivity (Wildman–Crippen MR) is 63.6 cm³/mol. The Labute approximate surface area is 97.3 Å². The number of rotatable bonds is 2. The van der Waals surface area contributed by atoms with Gasteiger partial charge in [-0.15, -0.1) is 0 Å². The SMILES string of the molecule is CC(=O)/C=C(\N)C12CC3CC(CC(C3)C1)C2. The van der Waals surface area contributed by atoms with Crippen LogP contribution in [0, 0.1) is 23.2 Å². The van der Waals surface area contributed by atoms with Gasteiger partial charge in [-0.25, -0.2) is 0 Å². The lowest BCUT2D eigenvalue weighted by Crippen LogP contribution is -2.48. The van der Waals surface area contributed by atoms with Gasteiger partial charge in [-0.1, -0.05) is 0 Å². The molecule has 0 heterocycles. The van der Waals surface area contributed by atoms with Gasteiger partial charge in [-0.2, -0.15) is 0 Å². The zero-order chi connectivity index (χ0) is 11.3. The lowest BCUT2D eigenvalue weighted by atomic mass is 9.49. The fraction of sp³-hybridized carbons (Fsp3) is 0.786. The number of allylic oxidation sites excluding steroid dienone is 2. The minimum atomic E-state index is 0.105. The van der Waals surface area contributed by atoms with E-state index in [-0.39, 0.29) is 11.2 Å². The van der Waals surface area contributed by atoms with E-state index in [2.05, 4.69) is 0 Å². The normalized spacial score (nSPS) is 46.1. The molecule has 2 N–H and O–H groups in total. The Bertz CT molecular complexity index is 320. The van der Waals surface area contributed by atoms with Crippen LogP contribution in [0.15, 0.2) is 11.8 Å². The van der Waals surface area contributed by atoms with Crippen molar-refractivity contribution in [3.8, 4) is 0 Å². The summed E-state index contributed by atoms with van der Waals surface area (Å²) in [6, 6.07) is 0. The first kappa shape index (κ1) is 10.4. The predicted octanol–water partition coefficient (Wildman–Crippen LogP) is 2.63. The average molecular weight is 219 g/mol. The van der Waals surface area contributed by atoms with Gasteiger partial charge in [0, 0.05) is 17.2 Å². The van der Waals surface area contributed by atoms with Gasteiger partial charge < -0.3 is 5.73 Å². The van der Waals surface area contributed by atoms with E-state index < -0.39 is 0 Å². The van der Waals surface area contributed by atoms with E-state index in [9.17, 15) is 4.79 Å². The Hall–Kier alpha value is -0.790. The molecule has 0 aliphatic heterocycles. The highest BCUT2D eigenvalue weighted by Crippen LogP contribution is 2.61. The minimum Gasteiger partial charge on any atom is -0.401 e. The first-order chi connectivity index (χ1) is 7.57. The van der Waals surface area contributed by atoms with Crippen LogP contribution in [0.5, 0.6) is 0 Å². The largest absolute Gasteiger partial charge is 0.401 e. The Morgan fingerprint density at radius 2 is 1.56 bits per heavy atom. The van der Waals surface area contributed by atoms with Crippen molar-refractivity contribution in [3.63, 3.8) is 0 Å². The molecule has 16 heavy (non-hydrogen) atoms. The van der Waals surface area contributed by atoms with Gasteiger partial charge >= 0.3 is 0 Å². The highest BCUT2D eigenvalue weighted by molar-refractivity contribution is 5.88. The maximum atomic E-state index is 11.2. The summed E-state index contributed by atoms with van der Waals surface area (Å²) < 4.78 is 0. The van der Waals surface area contributed by atoms with Crippen LogP contribution < -0.4 is 5.73 Å². The maximum absolute atomic E-state index is 11.2. The molecular formula is C14H21NO. The first-order valence-corrected chi connectivity index (χ1v) is 6.56. The third-order valence-electron chi connectivity index (χ3n) is 5.01. The number of hydrogen-bond acceptors (Lipinski definition) is 2. The summed E-state index contributed by atoms with van der Waals surface area (Å²) in [6.07, 6.45) is 9.69. The molecule has 4 fully saturated rings. The van der Waals surface area contributed by atoms with Gasteiger partial charge in [0.05, 0.1) is 0 Å². The summed E-state index contributed by atoms with van der Waals surface area (Å²) >= 11 is 0. The topological polar surface area (TPSA) is 43.1 Å². The van der Waals surface area contributed by atoms with Crippen LogP contribution in [0.3, 0.4) is 0 Å². The van der Waals surface area contributed by atoms with Crippen molar-refractivity contribution in [1.29, 1.82) is 0 Å². The summed E-state index contributed by atoms with van der Waals surface area (Å²) in [7, 11) is 0. The van der Waals surface area contributed by atoms with Gasteiger partial charge in [0.1, 0.15) is 0 Å². The quantitative estimate of drug-likeness (QED) is 0.725. The van der Waals surface area contributed by atoms with Crippen molar-refractivity contribution in [1.82, 2.24) is 0 Å². The Kier molecular flexibility index (Phi) is 2.17. The third kappa shape index (κ3) is 1.50. The molecule has 0 spiro atoms. The van der Waals surface area contributed by atoms with Crippen molar-refractivity contribution in [2.45, 2.75) is 45.4 Å². The van der Waals surface area contributed by atoms with E-state index in [1.54, 1.807) is 13.0 Å². The van der Waals surface area contributed by atoms with E-state index in [1.807, 2.05) is 0 Å². The second-order valence-electron chi connectivity index (χ2n) is 6.41. The third-order valence-corrected chi connectivity index (χ3v) is 5.01. The van der Waals surface area contributed by atoms with Gasteiger partial charge in [0.25, 0.3) is 0 Å². The number of nitrogens with two attached hydrogens (primary N) is 1. The number of ketones is 1. The van der Waals surface area contributed by atoms with Crippen LogP contribution in [0.2, 0.25) is 0 Å². The Morgan fingerprint density at radius 1 is 1.12 bits per heavy atom. The van der Waals surface area contributed by atoms with E-state index in [0.717, 1.165) is 23.5 Å². The van der Waals surface area contributed by atoms with Gasteiger partial charge in [0.15, 0.2) is 5.78 Å². The summed E-state index contributed by atoms with van der Waals surface area (Å²) in [6.45, 7) is 1.60. The maximum Gasteiger partial charge on any atom is 0.154 e. The monoisotopic (exact) mass is 219 g/mol. The van der Waals surface area contributed by atoms with Crippen molar-refractivity contribution >= 4 is 5.78 Å². The molecule has 4 aliphatic rings. The van der Waals surface area contributed by atoms with E-state index in [1.165, 1.54) is 38.5 Å². The van der Waals surface area contributed by atoms with Crippen molar-refractivity contribution in [2.24, 2.45) is 28.9 Å². The van der Waals surface area contributed by atoms with Gasteiger partial charge in [-0.05, 0) is 63.2 Å². The van der Waals surface area contributed by atoms with Crippen LogP contribution in [0.4, 0.5) is 0 Å². The van der Waals surface area contributed by atoms with Crippen LogP contribution in [0.25, 0.3) is 0 Å². The average Bonchev–Trinajstić information content (AvgIpc) is 2.13. The van der Waals surface area contributed by atoms with E-state index in [0.29, 0.717) is 0 Å². The van der Waals surface area contributed by atoms with Crippen LogP contribution >= 0.6 is 0 Å². The molecule has 0 amide bonds. The fourth-order valence-electron chi connectivity index (χ4n) is 4.84. The molecule has 0 saturated heterocycles. The van der Waals surface area contributed by atoms with E-state index >= 15 is 0 Å². The summed E-state index contributed by atoms with van der Waals surface area (Å²) in [5.41, 5.74) is 7.31. The summed E-state index contributed by atoms with van der Waals surface area (Å²) in [5.74, 6) is 2.79. The highest BCUT2D eigenvalue weighted by Gasteiger charge is 2.52. The van der Waals surface area contributed by atoms with Crippen LogP contribution in [-0.4, -0.2) is 5.78 Å². The molecule has 0 unspecified atom stereocenters. The van der Waals surface area contributed by atoms with Gasteiger partial charge in [0.2, 0.25) is 0 Å². The molecule has 2 heteroatoms. The molecule has 0 aromatic carbocycles. The number of hydrogen-bond donors (Lipinski definition) is 1. The Balaban J connectivity index is 1.91. The molecule has 4 rings (SSSR count). The molecule has 0 atom stereocenters. The second-order valence-corrected chi connectivity index (χ2v) is 6.41. The smallest absolute Gasteiger partial charge is 0.154 e. The summed E-state index contributed by atoms with van der Waals surface area (Å²) in [5, 5.41) is 0. The second kappa shape index (κ2) is 3.35. The number of carbonyl (C=O) groups is 1. The molecule has 4 bridgehead atoms. The number of carbonyl (C=O) groups excluding carboxylic acids is 1. The van der Waals surface area contributed by atoms with Crippen LogP contribution in [-0.2, 0) is 4.79 Å². The zero-order valence-corrected chi connectivity index (χ0v) is 10.0. The van der Waals surface area contributed by atoms with Crippen LogP contribution in [0.1, 0.15) is 45.4 Å². The molecule has 0 aromatic rings. The molecule has 4 aliphatic carbocycles. The standard InChI is InChI=1S/C14H21NO/c1-9(16)2-13(15)14-6-10-3-11(7-14)5-12(4-10)8-14/h2,10-12H,3-8,15H2,1H3/b13-2-. The zero-order valence-electron chi connectivity index (χ0n) is 10.0. The van der Waals surface area contributed by atoms with Gasteiger partial charge in [-0.3, -0.25) is 4.79 Å². The molecule has 0 radical (unpaired) electrons. The summed E-state index contributed by atoms with van der Waals surface area (Å²) in [4.78, 5) is 11.2. The van der Waals surface area contributed by atoms with Crippen molar-refractivity contribution < 1.29 is 4.79 Å². The lowest BCUT2D eigenvalue weighted by molar-refractivity contribution is -0.112. The fourth-order valence-corrected chi connectivity index (χ4v) is 4.84. The van der Waals surface area contributed by atoms with E-state index in [4.69, 9.17) is 5.73 Å². The Morgan fingerprint density at radius 3 is 1.94 bits per heavy atom. The molecule has 4 saturated carbocycles. The molecule has 0 aromatic heterocycles. The first-order valence-electron chi connectivity index (χ1n) is 6.56. The minimum absolute atomic E-state index is 0.105. The molecular weight excluding hydrogens is 198 g/mol. The highest BCUT2D eigenvalue weighted by atomic mass is 16.1. The lowest BCUT2D eigenvalue weighted by Gasteiger charge is -2.57.